The molecule has 0 amide bonds. The Hall–Kier alpha value is -1.32. The molecule has 0 aromatic heterocycles. The van der Waals surface area contributed by atoms with E-state index in [1.165, 1.54) is 10.6 Å². The van der Waals surface area contributed by atoms with Gasteiger partial charge in [-0.3, -0.25) is 4.21 Å². The first-order valence-corrected chi connectivity index (χ1v) is 7.69. The molecule has 2 rings (SSSR count). The van der Waals surface area contributed by atoms with E-state index in [9.17, 15) is 4.21 Å². The second kappa shape index (κ2) is 4.17. The van der Waals surface area contributed by atoms with E-state index in [4.69, 9.17) is 0 Å². The van der Waals surface area contributed by atoms with Crippen LogP contribution in [0.2, 0.25) is 0 Å². The fraction of sp³-hybridized carbons (Fsp3) is 0.214. The molecule has 1 atom stereocenters. The quantitative estimate of drug-likeness (QED) is 0.795. The first-order chi connectivity index (χ1) is 7.91. The Kier molecular flexibility index (Phi) is 2.98. The predicted octanol–water partition coefficient (Wildman–Crippen LogP) is 1.32. The maximum atomic E-state index is 12.2. The van der Waals surface area contributed by atoms with Gasteiger partial charge >= 0.3 is 0 Å². The molecule has 0 fully saturated rings. The van der Waals surface area contributed by atoms with E-state index in [0.717, 1.165) is 15.7 Å². The molecule has 17 heavy (non-hydrogen) atoms. The van der Waals surface area contributed by atoms with Gasteiger partial charge in [-0.15, -0.1) is 0 Å². The molecular formula is C14H18NOS+. The van der Waals surface area contributed by atoms with Crippen molar-refractivity contribution in [3.05, 3.63) is 36.4 Å². The molecule has 3 heteroatoms. The number of rotatable bonds is 2. The van der Waals surface area contributed by atoms with Crippen molar-refractivity contribution in [2.24, 2.45) is 0 Å². The Bertz CT molecular complexity index is 657. The van der Waals surface area contributed by atoms with Crippen molar-refractivity contribution in [3.63, 3.8) is 0 Å². The van der Waals surface area contributed by atoms with Crippen LogP contribution in [0.15, 0.2) is 41.3 Å². The summed E-state index contributed by atoms with van der Waals surface area (Å²) in [5, 5.41) is 2.21. The van der Waals surface area contributed by atoms with Crippen LogP contribution in [0.4, 0.5) is 5.69 Å². The summed E-state index contributed by atoms with van der Waals surface area (Å²) >= 11 is 0. The van der Waals surface area contributed by atoms with Gasteiger partial charge in [-0.25, -0.2) is 0 Å². The van der Waals surface area contributed by atoms with Crippen LogP contribution in [0.25, 0.3) is 10.8 Å². The van der Waals surface area contributed by atoms with Crippen LogP contribution in [0.5, 0.6) is 0 Å². The first-order valence-electron chi connectivity index (χ1n) is 5.56. The van der Waals surface area contributed by atoms with Gasteiger partial charge in [-0.05, 0) is 33.6 Å². The largest absolute Gasteiger partial charge is 0.307 e. The molecule has 0 aliphatic carbocycles. The smallest absolute Gasteiger partial charge is 0.138 e. The molecular weight excluding hydrogens is 230 g/mol. The van der Waals surface area contributed by atoms with Crippen LogP contribution in [0, 0.1) is 0 Å². The van der Waals surface area contributed by atoms with E-state index in [1.807, 2.05) is 24.3 Å². The lowest BCUT2D eigenvalue weighted by Crippen LogP contribution is -3.00. The molecule has 0 bridgehead atoms. The maximum absolute atomic E-state index is 12.2. The molecule has 0 unspecified atom stereocenters. The molecule has 0 spiro atoms. The molecule has 0 aliphatic rings. The number of benzene rings is 2. The third-order valence-electron chi connectivity index (χ3n) is 2.89. The van der Waals surface area contributed by atoms with Crippen LogP contribution in [-0.2, 0) is 9.52 Å². The zero-order valence-corrected chi connectivity index (χ0v) is 11.3. The van der Waals surface area contributed by atoms with Crippen LogP contribution >= 0.6 is 0 Å². The van der Waals surface area contributed by atoms with Crippen molar-refractivity contribution in [2.75, 3.05) is 20.4 Å². The third-order valence-corrected chi connectivity index (χ3v) is 4.17. The molecule has 0 radical (unpaired) electrons. The van der Waals surface area contributed by atoms with Crippen LogP contribution < -0.4 is 4.90 Å². The molecule has 0 saturated carbocycles. The van der Waals surface area contributed by atoms with Gasteiger partial charge in [0.05, 0.1) is 14.1 Å². The normalized spacial score (nSPS) is 15.1. The fourth-order valence-electron chi connectivity index (χ4n) is 2.09. The van der Waals surface area contributed by atoms with Crippen molar-refractivity contribution in [3.8, 4) is 0 Å². The Morgan fingerprint density at radius 3 is 2.24 bits per heavy atom. The monoisotopic (exact) mass is 248 g/mol. The standard InChI is InChI=1S/C14H17NOS/c1-15(2)13-9-5-8-12-11(13)7-6-10-14(12)17(3,4)16/h5-10H,3H2,1-2,4H3/p+1/t17-/m1/s1. The Labute approximate surface area is 103 Å². The molecule has 2 aromatic rings. The second-order valence-corrected chi connectivity index (χ2v) is 7.11. The van der Waals surface area contributed by atoms with E-state index in [2.05, 4.69) is 32.1 Å². The van der Waals surface area contributed by atoms with E-state index in [1.54, 1.807) is 6.26 Å². The topological polar surface area (TPSA) is 21.5 Å². The summed E-state index contributed by atoms with van der Waals surface area (Å²) in [6, 6.07) is 12.1. The number of nitrogens with one attached hydrogen (secondary N) is 1. The lowest BCUT2D eigenvalue weighted by atomic mass is 10.1. The highest BCUT2D eigenvalue weighted by Gasteiger charge is 2.11. The van der Waals surface area contributed by atoms with E-state index in [-0.39, 0.29) is 0 Å². The minimum Gasteiger partial charge on any atom is -0.307 e. The minimum absolute atomic E-state index is 0.845. The molecule has 2 aromatic carbocycles. The number of hydrogen-bond acceptors (Lipinski definition) is 1. The SMILES string of the molecule is C=[S@](C)(=O)c1cccc2c([NH+](C)C)cccc12. The average molecular weight is 248 g/mol. The highest BCUT2D eigenvalue weighted by Crippen LogP contribution is 2.26. The highest BCUT2D eigenvalue weighted by atomic mass is 32.2. The second-order valence-electron chi connectivity index (χ2n) is 4.66. The molecule has 2 nitrogen and oxygen atoms in total. The summed E-state index contributed by atoms with van der Waals surface area (Å²) < 4.78 is 12.2. The van der Waals surface area contributed by atoms with Crippen LogP contribution in [0.3, 0.4) is 0 Å². The van der Waals surface area contributed by atoms with Gasteiger partial charge in [-0.2, -0.15) is 0 Å². The zero-order chi connectivity index (χ0) is 12.6. The van der Waals surface area contributed by atoms with Crippen LogP contribution in [0.1, 0.15) is 0 Å². The maximum Gasteiger partial charge on any atom is 0.138 e. The lowest BCUT2D eigenvalue weighted by Gasteiger charge is -2.13. The summed E-state index contributed by atoms with van der Waals surface area (Å²) in [4.78, 5) is 2.11. The summed E-state index contributed by atoms with van der Waals surface area (Å²) in [6.07, 6.45) is 1.69. The average Bonchev–Trinajstić information content (AvgIpc) is 2.26. The number of fused-ring (bicyclic) bond motifs is 1. The van der Waals surface area contributed by atoms with E-state index in [0.29, 0.717) is 0 Å². The van der Waals surface area contributed by atoms with Crippen molar-refractivity contribution in [2.45, 2.75) is 4.90 Å². The van der Waals surface area contributed by atoms with E-state index >= 15 is 0 Å². The van der Waals surface area contributed by atoms with Crippen molar-refractivity contribution < 1.29 is 9.11 Å². The van der Waals surface area contributed by atoms with Gasteiger partial charge in [0, 0.05) is 21.9 Å². The van der Waals surface area contributed by atoms with E-state index < -0.39 is 9.52 Å². The number of hydrogen-bond donors (Lipinski definition) is 1. The summed E-state index contributed by atoms with van der Waals surface area (Å²) in [7, 11) is 2.00. The summed E-state index contributed by atoms with van der Waals surface area (Å²) in [5.74, 6) is 3.79. The zero-order valence-electron chi connectivity index (χ0n) is 10.5. The van der Waals surface area contributed by atoms with Gasteiger partial charge in [0.2, 0.25) is 0 Å². The Balaban J connectivity index is 2.89. The molecule has 90 valence electrons. The van der Waals surface area contributed by atoms with Crippen molar-refractivity contribution in [1.82, 2.24) is 0 Å². The summed E-state index contributed by atoms with van der Waals surface area (Å²) in [6.45, 7) is 0. The molecule has 1 N–H and O–H groups in total. The first kappa shape index (κ1) is 12.1. The van der Waals surface area contributed by atoms with Crippen molar-refractivity contribution in [1.29, 1.82) is 0 Å². The van der Waals surface area contributed by atoms with Crippen LogP contribution in [-0.4, -0.2) is 30.4 Å². The Morgan fingerprint density at radius 1 is 1.06 bits per heavy atom. The molecule has 0 aliphatic heterocycles. The van der Waals surface area contributed by atoms with Gasteiger partial charge in [-0.1, -0.05) is 18.2 Å². The molecule has 0 saturated heterocycles. The van der Waals surface area contributed by atoms with Gasteiger partial charge in [0.1, 0.15) is 5.69 Å². The third kappa shape index (κ3) is 2.21. The Morgan fingerprint density at radius 2 is 1.65 bits per heavy atom. The predicted molar refractivity (Wildman–Crippen MR) is 75.9 cm³/mol. The van der Waals surface area contributed by atoms with Gasteiger partial charge in [0.25, 0.3) is 0 Å². The van der Waals surface area contributed by atoms with Gasteiger partial charge < -0.3 is 4.90 Å². The minimum atomic E-state index is -2.18. The lowest BCUT2D eigenvalue weighted by molar-refractivity contribution is -0.785. The molecule has 0 heterocycles. The van der Waals surface area contributed by atoms with Crippen molar-refractivity contribution >= 4 is 31.9 Å². The summed E-state index contributed by atoms with van der Waals surface area (Å²) in [5.41, 5.74) is 1.22. The fourth-order valence-corrected chi connectivity index (χ4v) is 3.10. The highest BCUT2D eigenvalue weighted by molar-refractivity contribution is 7.99. The number of quaternary nitrogens is 1. The van der Waals surface area contributed by atoms with Gasteiger partial charge in [0.15, 0.2) is 0 Å².